The molecule has 0 radical (unpaired) electrons. The van der Waals surface area contributed by atoms with Crippen molar-refractivity contribution in [1.82, 2.24) is 10.4 Å². The van der Waals surface area contributed by atoms with Crippen LogP contribution in [0, 0.1) is 5.92 Å². The highest BCUT2D eigenvalue weighted by Gasteiger charge is 2.49. The number of nitrogens with zero attached hydrogens (tertiary/aromatic N) is 2. The van der Waals surface area contributed by atoms with E-state index in [0.717, 1.165) is 35.3 Å². The highest BCUT2D eigenvalue weighted by atomic mass is 16.7. The Balaban J connectivity index is 1.41. The van der Waals surface area contributed by atoms with E-state index in [9.17, 15) is 20.1 Å². The lowest BCUT2D eigenvalue weighted by atomic mass is 9.89. The third-order valence-corrected chi connectivity index (χ3v) is 7.49. The smallest absolute Gasteiger partial charge is 0.240 e. The number of hydroxylamine groups is 2. The van der Waals surface area contributed by atoms with Gasteiger partial charge >= 0.3 is 0 Å². The highest BCUT2D eigenvalue weighted by molar-refractivity contribution is 5.82. The number of aliphatic hydroxyl groups excluding tert-OH is 3. The summed E-state index contributed by atoms with van der Waals surface area (Å²) in [4.78, 5) is 21.6. The average Bonchev–Trinajstić information content (AvgIpc) is 3.34. The molecule has 4 rings (SSSR count). The van der Waals surface area contributed by atoms with Gasteiger partial charge in [-0.05, 0) is 42.2 Å². The van der Waals surface area contributed by atoms with Gasteiger partial charge in [0.25, 0.3) is 0 Å². The summed E-state index contributed by atoms with van der Waals surface area (Å²) in [6, 6.07) is 26.7. The molecular weight excluding hydrogens is 506 g/mol. The maximum atomic E-state index is 13.4. The first-order chi connectivity index (χ1) is 19.4. The Morgan fingerprint density at radius 2 is 1.68 bits per heavy atom. The zero-order valence-electron chi connectivity index (χ0n) is 23.3. The summed E-state index contributed by atoms with van der Waals surface area (Å²) >= 11 is 0. The molecule has 1 aliphatic rings. The molecule has 214 valence electrons. The number of aliphatic hydroxyl groups is 3. The van der Waals surface area contributed by atoms with Crippen LogP contribution in [0.4, 0.5) is 5.69 Å². The van der Waals surface area contributed by atoms with Gasteiger partial charge in [0.2, 0.25) is 5.91 Å². The second-order valence-electron chi connectivity index (χ2n) is 10.5. The van der Waals surface area contributed by atoms with Crippen molar-refractivity contribution >= 4 is 11.6 Å². The molecule has 5 atom stereocenters. The number of hydrogen-bond acceptors (Lipinski definition) is 7. The Bertz CT molecular complexity index is 1190. The molecule has 1 saturated heterocycles. The normalized spacial score (nSPS) is 20.7. The van der Waals surface area contributed by atoms with Crippen LogP contribution in [0.15, 0.2) is 84.9 Å². The first-order valence-corrected chi connectivity index (χ1v) is 13.9. The van der Waals surface area contributed by atoms with E-state index in [1.807, 2.05) is 92.0 Å². The summed E-state index contributed by atoms with van der Waals surface area (Å²) in [7, 11) is 2.02. The van der Waals surface area contributed by atoms with E-state index in [4.69, 9.17) is 4.84 Å². The molecule has 8 nitrogen and oxygen atoms in total. The number of benzene rings is 3. The number of rotatable bonds is 13. The van der Waals surface area contributed by atoms with Crippen LogP contribution < -0.4 is 10.2 Å². The third-order valence-electron chi connectivity index (χ3n) is 7.49. The second-order valence-corrected chi connectivity index (χ2v) is 10.5. The van der Waals surface area contributed by atoms with Crippen molar-refractivity contribution in [3.8, 4) is 0 Å². The number of carbonyl (C=O) groups is 1. The number of nitrogens with one attached hydrogen (secondary N) is 1. The van der Waals surface area contributed by atoms with Gasteiger partial charge in [0.15, 0.2) is 0 Å². The molecule has 0 aromatic heterocycles. The molecule has 3 aromatic rings. The van der Waals surface area contributed by atoms with Crippen LogP contribution in [-0.2, 0) is 22.6 Å². The zero-order chi connectivity index (χ0) is 28.5. The van der Waals surface area contributed by atoms with Crippen molar-refractivity contribution in [3.63, 3.8) is 0 Å². The summed E-state index contributed by atoms with van der Waals surface area (Å²) in [5.74, 6) is -0.840. The molecule has 0 aliphatic carbocycles. The Labute approximate surface area is 236 Å². The quantitative estimate of drug-likeness (QED) is 0.244. The molecule has 0 bridgehead atoms. The molecule has 1 amide bonds. The Hall–Kier alpha value is -3.27. The predicted molar refractivity (Wildman–Crippen MR) is 155 cm³/mol. The SMILES string of the molecule is C[C@@H](O)[C@H]1[C@@H](CO)ON(Cc2cccc(C(O)Cc3ccccc3)c2)[C@H]1C(=O)NCCCN(C)c1ccccc1. The van der Waals surface area contributed by atoms with Gasteiger partial charge < -0.3 is 25.5 Å². The lowest BCUT2D eigenvalue weighted by molar-refractivity contribution is -0.181. The van der Waals surface area contributed by atoms with E-state index in [2.05, 4.69) is 10.2 Å². The molecule has 1 fully saturated rings. The van der Waals surface area contributed by atoms with Crippen molar-refractivity contribution in [2.45, 2.75) is 50.7 Å². The second kappa shape index (κ2) is 14.4. The lowest BCUT2D eigenvalue weighted by Gasteiger charge is -2.27. The molecule has 4 N–H and O–H groups in total. The monoisotopic (exact) mass is 547 g/mol. The maximum Gasteiger partial charge on any atom is 0.240 e. The van der Waals surface area contributed by atoms with Crippen LogP contribution in [0.3, 0.4) is 0 Å². The molecule has 8 heteroatoms. The Morgan fingerprint density at radius 3 is 2.35 bits per heavy atom. The molecule has 1 heterocycles. The van der Waals surface area contributed by atoms with Crippen LogP contribution in [0.1, 0.15) is 36.1 Å². The van der Waals surface area contributed by atoms with Gasteiger partial charge in [-0.1, -0.05) is 72.8 Å². The van der Waals surface area contributed by atoms with Crippen molar-refractivity contribution < 1.29 is 25.0 Å². The first-order valence-electron chi connectivity index (χ1n) is 13.9. The molecule has 1 aliphatic heterocycles. The van der Waals surface area contributed by atoms with Gasteiger partial charge in [-0.15, -0.1) is 0 Å². The van der Waals surface area contributed by atoms with E-state index < -0.39 is 30.3 Å². The summed E-state index contributed by atoms with van der Waals surface area (Å²) in [6.45, 7) is 2.81. The minimum absolute atomic E-state index is 0.246. The van der Waals surface area contributed by atoms with Crippen molar-refractivity contribution in [1.29, 1.82) is 0 Å². The van der Waals surface area contributed by atoms with Crippen LogP contribution in [-0.4, -0.2) is 71.3 Å². The topological polar surface area (TPSA) is 105 Å². The van der Waals surface area contributed by atoms with Crippen LogP contribution in [0.2, 0.25) is 0 Å². The van der Waals surface area contributed by atoms with E-state index in [-0.39, 0.29) is 19.1 Å². The Kier molecular flexibility index (Phi) is 10.7. The first kappa shape index (κ1) is 29.7. The number of amides is 1. The van der Waals surface area contributed by atoms with Crippen LogP contribution >= 0.6 is 0 Å². The average molecular weight is 548 g/mol. The lowest BCUT2D eigenvalue weighted by Crippen LogP contribution is -2.49. The number of anilines is 1. The van der Waals surface area contributed by atoms with E-state index >= 15 is 0 Å². The predicted octanol–water partition coefficient (Wildman–Crippen LogP) is 3.08. The fourth-order valence-electron chi connectivity index (χ4n) is 5.35. The maximum absolute atomic E-state index is 13.4. The fourth-order valence-corrected chi connectivity index (χ4v) is 5.35. The van der Waals surface area contributed by atoms with Crippen molar-refractivity contribution in [2.75, 3.05) is 31.6 Å². The zero-order valence-corrected chi connectivity index (χ0v) is 23.3. The van der Waals surface area contributed by atoms with Crippen molar-refractivity contribution in [3.05, 3.63) is 102 Å². The highest BCUT2D eigenvalue weighted by Crippen LogP contribution is 2.32. The van der Waals surface area contributed by atoms with Gasteiger partial charge in [0.05, 0.1) is 25.4 Å². The Morgan fingerprint density at radius 1 is 1.00 bits per heavy atom. The van der Waals surface area contributed by atoms with Gasteiger partial charge in [-0.25, -0.2) is 0 Å². The summed E-state index contributed by atoms with van der Waals surface area (Å²) in [5.41, 5.74) is 3.78. The van der Waals surface area contributed by atoms with E-state index in [1.54, 1.807) is 12.0 Å². The molecule has 0 saturated carbocycles. The summed E-state index contributed by atoms with van der Waals surface area (Å²) in [6.07, 6.45) is -1.00. The standard InChI is InChI=1S/C32H41N3O5/c1-23(37)30-29(22-36)40-35(31(30)32(39)33-17-10-18-34(2)27-15-7-4-8-16-27)21-25-13-9-14-26(19-25)28(38)20-24-11-5-3-6-12-24/h3-9,11-16,19,23,28-31,36-38H,10,17-18,20-22H2,1-2H3,(H,33,39)/t23-,28?,29-,30+,31-/m1/s1. The van der Waals surface area contributed by atoms with Gasteiger partial charge in [0, 0.05) is 38.2 Å². The molecule has 3 aromatic carbocycles. The number of carbonyl (C=O) groups excluding carboxylic acids is 1. The minimum atomic E-state index is -0.860. The molecule has 0 spiro atoms. The number of hydrogen-bond donors (Lipinski definition) is 4. The molecular formula is C32H41N3O5. The van der Waals surface area contributed by atoms with E-state index in [1.165, 1.54) is 0 Å². The van der Waals surface area contributed by atoms with Crippen LogP contribution in [0.5, 0.6) is 0 Å². The van der Waals surface area contributed by atoms with Gasteiger partial charge in [0.1, 0.15) is 12.1 Å². The van der Waals surface area contributed by atoms with Crippen LogP contribution in [0.25, 0.3) is 0 Å². The van der Waals surface area contributed by atoms with Crippen molar-refractivity contribution in [2.24, 2.45) is 5.92 Å². The summed E-state index contributed by atoms with van der Waals surface area (Å²) < 4.78 is 0. The van der Waals surface area contributed by atoms with Gasteiger partial charge in [-0.3, -0.25) is 9.63 Å². The summed E-state index contributed by atoms with van der Waals surface area (Å²) in [5, 5.41) is 35.9. The largest absolute Gasteiger partial charge is 0.394 e. The van der Waals surface area contributed by atoms with E-state index in [0.29, 0.717) is 13.0 Å². The molecule has 1 unspecified atom stereocenters. The fraction of sp³-hybridized carbons (Fsp3) is 0.406. The number of para-hydroxylation sites is 1. The molecule has 40 heavy (non-hydrogen) atoms. The third kappa shape index (κ3) is 7.68. The van der Waals surface area contributed by atoms with Gasteiger partial charge in [-0.2, -0.15) is 5.06 Å². The minimum Gasteiger partial charge on any atom is -0.394 e.